The van der Waals surface area contributed by atoms with Gasteiger partial charge in [0.05, 0.1) is 0 Å². The van der Waals surface area contributed by atoms with E-state index in [1.54, 1.807) is 6.92 Å². The molecular weight excluding hydrogens is 152 g/mol. The van der Waals surface area contributed by atoms with E-state index in [4.69, 9.17) is 8.50 Å². The Bertz CT molecular complexity index is 11.6. The summed E-state index contributed by atoms with van der Waals surface area (Å²) in [5.74, 6) is 0. The van der Waals surface area contributed by atoms with Gasteiger partial charge in [-0.15, -0.1) is 0 Å². The maximum absolute atomic E-state index is 8.26. The molecule has 0 bridgehead atoms. The zero-order valence-electron chi connectivity index (χ0n) is 2.97. The minimum atomic E-state index is 0.250. The molecule has 0 aliphatic rings. The molecule has 0 aliphatic heterocycles. The topological polar surface area (TPSA) is 37.3 Å². The van der Waals surface area contributed by atoms with Crippen molar-refractivity contribution in [3.8, 4) is 0 Å². The first-order valence-electron chi connectivity index (χ1n) is 1.19. The van der Waals surface area contributed by atoms with E-state index in [9.17, 15) is 0 Å². The molecule has 0 spiro atoms. The Labute approximate surface area is 42.4 Å². The van der Waals surface area contributed by atoms with Crippen molar-refractivity contribution in [2.24, 2.45) is 0 Å². The van der Waals surface area contributed by atoms with Gasteiger partial charge < -0.3 is 5.11 Å². The summed E-state index contributed by atoms with van der Waals surface area (Å²) in [7, 11) is 0. The van der Waals surface area contributed by atoms with Gasteiger partial charge in [-0.1, -0.05) is 0 Å². The van der Waals surface area contributed by atoms with E-state index in [1.165, 1.54) is 0 Å². The third-order valence-electron chi connectivity index (χ3n) is 0. The Kier molecular flexibility index (Phi) is 45.7. The van der Waals surface area contributed by atoms with Crippen LogP contribution in [-0.4, -0.2) is 11.7 Å². The molecule has 32 valence electrons. The van der Waals surface area contributed by atoms with Crippen LogP contribution in [0.2, 0.25) is 0 Å². The van der Waals surface area contributed by atoms with E-state index < -0.39 is 0 Å². The van der Waals surface area contributed by atoms with Crippen LogP contribution in [0, 0.1) is 0 Å². The Morgan fingerprint density at radius 1 is 1.80 bits per heavy atom. The summed E-state index contributed by atoms with van der Waals surface area (Å²) in [6, 6.07) is 0. The summed E-state index contributed by atoms with van der Waals surface area (Å²) < 4.78 is 8.26. The fraction of sp³-hybridized carbons (Fsp3) is 1.00. The molecule has 0 amide bonds. The minimum absolute atomic E-state index is 0.250. The summed E-state index contributed by atoms with van der Waals surface area (Å²) in [6.45, 7) is 1.93. The number of aliphatic hydroxyl groups is 1. The Balaban J connectivity index is 0. The standard InChI is InChI=1S/C2H6O.Mo.O/c1-2-3;;/h3H,2H2,1H3;;. The summed E-state index contributed by atoms with van der Waals surface area (Å²) >= 11 is 0.700. The van der Waals surface area contributed by atoms with Crippen LogP contribution in [0.5, 0.6) is 0 Å². The van der Waals surface area contributed by atoms with Crippen LogP contribution in [0.25, 0.3) is 0 Å². The van der Waals surface area contributed by atoms with Crippen LogP contribution < -0.4 is 0 Å². The van der Waals surface area contributed by atoms with Gasteiger partial charge in [0.25, 0.3) is 0 Å². The van der Waals surface area contributed by atoms with Crippen LogP contribution in [0.3, 0.4) is 0 Å². The van der Waals surface area contributed by atoms with E-state index in [-0.39, 0.29) is 6.61 Å². The van der Waals surface area contributed by atoms with E-state index in [0.29, 0.717) is 19.8 Å². The third-order valence-corrected chi connectivity index (χ3v) is 0. The second kappa shape index (κ2) is 25.2. The molecule has 0 heterocycles. The van der Waals surface area contributed by atoms with Crippen LogP contribution in [0.4, 0.5) is 0 Å². The fourth-order valence-corrected chi connectivity index (χ4v) is 0. The van der Waals surface area contributed by atoms with Gasteiger partial charge in [-0.2, -0.15) is 0 Å². The molecule has 0 aromatic heterocycles. The van der Waals surface area contributed by atoms with E-state index in [2.05, 4.69) is 0 Å². The molecule has 2 nitrogen and oxygen atoms in total. The molecular formula is C2H6MoO2. The van der Waals surface area contributed by atoms with E-state index in [0.717, 1.165) is 0 Å². The van der Waals surface area contributed by atoms with Gasteiger partial charge in [-0.3, -0.25) is 0 Å². The average molecular weight is 158 g/mol. The van der Waals surface area contributed by atoms with Crippen LogP contribution in [-0.2, 0) is 23.2 Å². The Morgan fingerprint density at radius 3 is 1.80 bits per heavy atom. The first-order chi connectivity index (χ1) is 2.41. The summed E-state index contributed by atoms with van der Waals surface area (Å²) in [5, 5.41) is 7.57. The Morgan fingerprint density at radius 2 is 1.80 bits per heavy atom. The summed E-state index contributed by atoms with van der Waals surface area (Å²) in [5.41, 5.74) is 0. The number of aliphatic hydroxyl groups excluding tert-OH is 1. The molecule has 0 rings (SSSR count). The predicted molar refractivity (Wildman–Crippen MR) is 13.4 cm³/mol. The molecule has 1 N–H and O–H groups in total. The van der Waals surface area contributed by atoms with Gasteiger partial charge in [0.2, 0.25) is 0 Å². The molecule has 0 radical (unpaired) electrons. The molecule has 0 aromatic carbocycles. The molecule has 0 aliphatic carbocycles. The number of hydrogen-bond donors (Lipinski definition) is 1. The Hall–Kier alpha value is 0.448. The van der Waals surface area contributed by atoms with Crippen molar-refractivity contribution >= 4 is 0 Å². The normalized spacial score (nSPS) is 4.40. The SMILES string of the molecule is CCO.[O]=[Mo]. The van der Waals surface area contributed by atoms with Crippen molar-refractivity contribution in [1.29, 1.82) is 0 Å². The molecule has 3 heteroatoms. The number of rotatable bonds is 0. The maximum atomic E-state index is 8.26. The second-order valence-electron chi connectivity index (χ2n) is 0.316. The van der Waals surface area contributed by atoms with Gasteiger partial charge in [-0.05, 0) is 6.92 Å². The predicted octanol–water partition coefficient (Wildman–Crippen LogP) is -0.123. The average Bonchev–Trinajstić information content (AvgIpc) is 1.46. The first-order valence-corrected chi connectivity index (χ1v) is 2.01. The van der Waals surface area contributed by atoms with Crippen molar-refractivity contribution in [3.63, 3.8) is 0 Å². The molecule has 0 saturated heterocycles. The van der Waals surface area contributed by atoms with Crippen LogP contribution in [0.1, 0.15) is 6.92 Å². The molecule has 0 atom stereocenters. The van der Waals surface area contributed by atoms with Gasteiger partial charge >= 0.3 is 23.2 Å². The van der Waals surface area contributed by atoms with Crippen molar-refractivity contribution in [2.45, 2.75) is 6.92 Å². The van der Waals surface area contributed by atoms with E-state index >= 15 is 0 Å². The molecule has 0 unspecified atom stereocenters. The molecule has 5 heavy (non-hydrogen) atoms. The van der Waals surface area contributed by atoms with Crippen molar-refractivity contribution < 1.29 is 28.3 Å². The second-order valence-corrected chi connectivity index (χ2v) is 0.316. The molecule has 0 aromatic rings. The van der Waals surface area contributed by atoms with Gasteiger partial charge in [-0.25, -0.2) is 0 Å². The van der Waals surface area contributed by atoms with E-state index in [1.807, 2.05) is 0 Å². The molecule has 0 fully saturated rings. The van der Waals surface area contributed by atoms with Crippen LogP contribution in [0.15, 0.2) is 0 Å². The summed E-state index contributed by atoms with van der Waals surface area (Å²) in [6.07, 6.45) is 0. The van der Waals surface area contributed by atoms with Gasteiger partial charge in [0.1, 0.15) is 0 Å². The van der Waals surface area contributed by atoms with Gasteiger partial charge in [0.15, 0.2) is 0 Å². The van der Waals surface area contributed by atoms with Crippen molar-refractivity contribution in [1.82, 2.24) is 0 Å². The monoisotopic (exact) mass is 160 g/mol. The number of hydrogen-bond acceptors (Lipinski definition) is 2. The quantitative estimate of drug-likeness (QED) is 0.499. The van der Waals surface area contributed by atoms with Gasteiger partial charge in [0, 0.05) is 6.61 Å². The zero-order valence-corrected chi connectivity index (χ0v) is 4.98. The zero-order chi connectivity index (χ0) is 4.71. The van der Waals surface area contributed by atoms with Crippen molar-refractivity contribution in [2.75, 3.05) is 6.61 Å². The molecule has 0 saturated carbocycles. The van der Waals surface area contributed by atoms with Crippen molar-refractivity contribution in [3.05, 3.63) is 0 Å². The summed E-state index contributed by atoms with van der Waals surface area (Å²) in [4.78, 5) is 0. The first kappa shape index (κ1) is 9.07. The van der Waals surface area contributed by atoms with Crippen LogP contribution >= 0.6 is 0 Å². The third kappa shape index (κ3) is 133. The fourth-order valence-electron chi connectivity index (χ4n) is 0.